The number of nitrogens with one attached hydrogen (secondary N) is 1. The van der Waals surface area contributed by atoms with Gasteiger partial charge in [-0.05, 0) is 66.1 Å². The van der Waals surface area contributed by atoms with Gasteiger partial charge in [-0.2, -0.15) is 0 Å². The highest BCUT2D eigenvalue weighted by Gasteiger charge is 2.14. The third kappa shape index (κ3) is 5.78. The smallest absolute Gasteiger partial charge is 0.335 e. The lowest BCUT2D eigenvalue weighted by Crippen LogP contribution is -2.23. The van der Waals surface area contributed by atoms with E-state index >= 15 is 0 Å². The van der Waals surface area contributed by atoms with E-state index in [0.717, 1.165) is 12.5 Å². The molecule has 0 spiro atoms. The second-order valence-electron chi connectivity index (χ2n) is 7.01. The summed E-state index contributed by atoms with van der Waals surface area (Å²) in [4.78, 5) is 23.9. The topological polar surface area (TPSA) is 75.6 Å². The van der Waals surface area contributed by atoms with Gasteiger partial charge in [-0.3, -0.25) is 4.79 Å². The highest BCUT2D eigenvalue weighted by molar-refractivity contribution is 6.36. The molecule has 5 nitrogen and oxygen atoms in total. The van der Waals surface area contributed by atoms with Crippen molar-refractivity contribution in [3.05, 3.63) is 87.2 Å². The van der Waals surface area contributed by atoms with Crippen molar-refractivity contribution in [3.63, 3.8) is 0 Å². The summed E-state index contributed by atoms with van der Waals surface area (Å²) in [6, 6.07) is 13.4. The number of ether oxygens (including phenoxy) is 1. The molecule has 0 bridgehead atoms. The molecule has 0 aromatic heterocycles. The molecule has 0 aliphatic heterocycles. The molecular weight excluding hydrogens is 456 g/mol. The molecule has 0 saturated heterocycles. The number of hydrogen-bond donors (Lipinski definition) is 2. The van der Waals surface area contributed by atoms with Crippen LogP contribution in [0.25, 0.3) is 11.1 Å². The maximum Gasteiger partial charge on any atom is 0.335 e. The van der Waals surface area contributed by atoms with Gasteiger partial charge < -0.3 is 15.2 Å². The third-order valence-electron chi connectivity index (χ3n) is 4.62. The molecule has 8 heteroatoms. The van der Waals surface area contributed by atoms with E-state index in [4.69, 9.17) is 27.9 Å². The molecule has 0 heterocycles. The molecule has 3 aromatic carbocycles. The van der Waals surface area contributed by atoms with Crippen LogP contribution in [-0.2, 0) is 6.54 Å². The van der Waals surface area contributed by atoms with Gasteiger partial charge in [0.25, 0.3) is 5.91 Å². The fraction of sp³-hybridized carbons (Fsp3) is 0.167. The molecule has 2 N–H and O–H groups in total. The molecule has 0 aliphatic carbocycles. The van der Waals surface area contributed by atoms with Crippen molar-refractivity contribution in [2.45, 2.75) is 19.9 Å². The van der Waals surface area contributed by atoms with Gasteiger partial charge in [0.15, 0.2) is 0 Å². The first-order chi connectivity index (χ1) is 15.3. The van der Waals surface area contributed by atoms with Crippen LogP contribution in [-0.4, -0.2) is 23.6 Å². The number of carbonyl (C=O) groups is 2. The minimum absolute atomic E-state index is 0.117. The summed E-state index contributed by atoms with van der Waals surface area (Å²) in [5, 5.41) is 12.7. The van der Waals surface area contributed by atoms with Crippen molar-refractivity contribution in [1.82, 2.24) is 5.32 Å². The van der Waals surface area contributed by atoms with E-state index in [-0.39, 0.29) is 22.7 Å². The third-order valence-corrected chi connectivity index (χ3v) is 5.16. The number of halogens is 3. The Balaban J connectivity index is 1.91. The fourth-order valence-electron chi connectivity index (χ4n) is 3.07. The van der Waals surface area contributed by atoms with E-state index in [1.807, 2.05) is 6.92 Å². The Morgan fingerprint density at radius 1 is 1.03 bits per heavy atom. The van der Waals surface area contributed by atoms with Crippen molar-refractivity contribution < 1.29 is 23.8 Å². The van der Waals surface area contributed by atoms with Crippen molar-refractivity contribution in [1.29, 1.82) is 0 Å². The lowest BCUT2D eigenvalue weighted by atomic mass is 10.00. The van der Waals surface area contributed by atoms with Gasteiger partial charge in [0.1, 0.15) is 11.6 Å². The van der Waals surface area contributed by atoms with Crippen LogP contribution in [0.1, 0.15) is 39.6 Å². The molecule has 0 saturated carbocycles. The standard InChI is InChI=1S/C24H20Cl2FNO4/c1-2-7-32-22-6-3-14(15-9-16(24(30)31)11-19(27)10-15)8-17(22)13-28-23(29)20-5-4-18(25)12-21(20)26/h3-6,8-12H,2,7,13H2,1H3,(H,28,29)(H,30,31). The number of carbonyl (C=O) groups excluding carboxylic acids is 1. The lowest BCUT2D eigenvalue weighted by Gasteiger charge is -2.15. The van der Waals surface area contributed by atoms with E-state index in [1.54, 1.807) is 24.3 Å². The van der Waals surface area contributed by atoms with Crippen molar-refractivity contribution in [2.75, 3.05) is 6.61 Å². The number of hydrogen-bond acceptors (Lipinski definition) is 3. The molecule has 0 atom stereocenters. The van der Waals surface area contributed by atoms with Gasteiger partial charge in [-0.25, -0.2) is 9.18 Å². The average Bonchev–Trinajstić information content (AvgIpc) is 2.75. The summed E-state index contributed by atoms with van der Waals surface area (Å²) in [5.41, 5.74) is 1.76. The lowest BCUT2D eigenvalue weighted by molar-refractivity contribution is 0.0696. The van der Waals surface area contributed by atoms with Crippen LogP contribution in [0.2, 0.25) is 10.0 Å². The maximum atomic E-state index is 14.0. The van der Waals surface area contributed by atoms with Crippen LogP contribution in [0, 0.1) is 5.82 Å². The minimum Gasteiger partial charge on any atom is -0.493 e. The van der Waals surface area contributed by atoms with Crippen molar-refractivity contribution >= 4 is 35.1 Å². The van der Waals surface area contributed by atoms with Gasteiger partial charge in [-0.15, -0.1) is 0 Å². The zero-order valence-electron chi connectivity index (χ0n) is 17.1. The molecule has 166 valence electrons. The predicted octanol–water partition coefficient (Wildman–Crippen LogP) is 6.22. The van der Waals surface area contributed by atoms with E-state index in [9.17, 15) is 19.1 Å². The predicted molar refractivity (Wildman–Crippen MR) is 122 cm³/mol. The Bertz CT molecular complexity index is 1170. The van der Waals surface area contributed by atoms with Gasteiger partial charge in [0.2, 0.25) is 0 Å². The van der Waals surface area contributed by atoms with Crippen LogP contribution >= 0.6 is 23.2 Å². The molecule has 3 aromatic rings. The molecule has 32 heavy (non-hydrogen) atoms. The maximum absolute atomic E-state index is 14.0. The summed E-state index contributed by atoms with van der Waals surface area (Å²) >= 11 is 12.0. The molecule has 0 unspecified atom stereocenters. The summed E-state index contributed by atoms with van der Waals surface area (Å²) in [6.07, 6.45) is 0.791. The van der Waals surface area contributed by atoms with Crippen LogP contribution in [0.3, 0.4) is 0 Å². The van der Waals surface area contributed by atoms with Gasteiger partial charge >= 0.3 is 5.97 Å². The number of amides is 1. The summed E-state index contributed by atoms with van der Waals surface area (Å²) < 4.78 is 19.7. The van der Waals surface area contributed by atoms with E-state index in [0.29, 0.717) is 34.1 Å². The molecule has 3 rings (SSSR count). The highest BCUT2D eigenvalue weighted by atomic mass is 35.5. The first-order valence-electron chi connectivity index (χ1n) is 9.81. The molecule has 0 fully saturated rings. The van der Waals surface area contributed by atoms with Crippen LogP contribution in [0.5, 0.6) is 5.75 Å². The second kappa shape index (κ2) is 10.5. The zero-order chi connectivity index (χ0) is 23.3. The first-order valence-corrected chi connectivity index (χ1v) is 10.6. The van der Waals surface area contributed by atoms with Crippen molar-refractivity contribution in [3.8, 4) is 16.9 Å². The Labute approximate surface area is 194 Å². The molecular formula is C24H20Cl2FNO4. The summed E-state index contributed by atoms with van der Waals surface area (Å²) in [6.45, 7) is 2.57. The Morgan fingerprint density at radius 3 is 2.50 bits per heavy atom. The second-order valence-corrected chi connectivity index (χ2v) is 7.86. The SMILES string of the molecule is CCCOc1ccc(-c2cc(F)cc(C(=O)O)c2)cc1CNC(=O)c1ccc(Cl)cc1Cl. The monoisotopic (exact) mass is 475 g/mol. The summed E-state index contributed by atoms with van der Waals surface area (Å²) in [7, 11) is 0. The van der Waals surface area contributed by atoms with Gasteiger partial charge in [-0.1, -0.05) is 36.2 Å². The van der Waals surface area contributed by atoms with Crippen molar-refractivity contribution in [2.24, 2.45) is 0 Å². The van der Waals surface area contributed by atoms with Crippen LogP contribution in [0.15, 0.2) is 54.6 Å². The summed E-state index contributed by atoms with van der Waals surface area (Å²) in [5.74, 6) is -1.70. The number of benzene rings is 3. The number of carboxylic acid groups (broad SMARTS) is 1. The fourth-order valence-corrected chi connectivity index (χ4v) is 3.57. The van der Waals surface area contributed by atoms with Crippen LogP contribution in [0.4, 0.5) is 4.39 Å². The largest absolute Gasteiger partial charge is 0.493 e. The van der Waals surface area contributed by atoms with E-state index in [2.05, 4.69) is 5.32 Å². The Hall–Kier alpha value is -3.09. The number of aromatic carboxylic acids is 1. The molecule has 1 amide bonds. The number of carboxylic acids is 1. The van der Waals surface area contributed by atoms with Crippen LogP contribution < -0.4 is 10.1 Å². The average molecular weight is 476 g/mol. The molecule has 0 aliphatic rings. The van der Waals surface area contributed by atoms with E-state index < -0.39 is 17.7 Å². The first kappa shape index (κ1) is 23.6. The zero-order valence-corrected chi connectivity index (χ0v) is 18.6. The normalized spacial score (nSPS) is 10.6. The number of rotatable bonds is 8. The van der Waals surface area contributed by atoms with Gasteiger partial charge in [0.05, 0.1) is 22.8 Å². The Morgan fingerprint density at radius 2 is 1.81 bits per heavy atom. The van der Waals surface area contributed by atoms with Gasteiger partial charge in [0, 0.05) is 17.1 Å². The highest BCUT2D eigenvalue weighted by Crippen LogP contribution is 2.29. The quantitative estimate of drug-likeness (QED) is 0.405. The Kier molecular flexibility index (Phi) is 7.72. The van der Waals surface area contributed by atoms with E-state index in [1.165, 1.54) is 24.3 Å². The minimum atomic E-state index is -1.22. The molecule has 0 radical (unpaired) electrons.